The summed E-state index contributed by atoms with van der Waals surface area (Å²) in [6.45, 7) is 2.08. The highest BCUT2D eigenvalue weighted by molar-refractivity contribution is 5.88. The molecule has 4 rings (SSSR count). The number of H-pyrrole nitrogens is 1. The second-order valence-corrected chi connectivity index (χ2v) is 5.01. The number of aryl methyl sites for hydroxylation is 1. The Morgan fingerprint density at radius 1 is 0.950 bits per heavy atom. The van der Waals surface area contributed by atoms with Crippen molar-refractivity contribution >= 4 is 21.8 Å². The first-order valence-electron chi connectivity index (χ1n) is 6.60. The first-order chi connectivity index (χ1) is 9.81. The predicted molar refractivity (Wildman–Crippen MR) is 81.6 cm³/mol. The number of aromatic nitrogens is 3. The van der Waals surface area contributed by atoms with Crippen molar-refractivity contribution in [3.8, 4) is 11.3 Å². The quantitative estimate of drug-likeness (QED) is 0.559. The molecule has 0 spiro atoms. The zero-order valence-electron chi connectivity index (χ0n) is 11.1. The summed E-state index contributed by atoms with van der Waals surface area (Å²) in [5.74, 6) is 0. The number of hydrogen-bond donors (Lipinski definition) is 1. The van der Waals surface area contributed by atoms with Crippen LogP contribution in [0.2, 0.25) is 0 Å². The van der Waals surface area contributed by atoms with Gasteiger partial charge in [0.1, 0.15) is 0 Å². The van der Waals surface area contributed by atoms with E-state index >= 15 is 0 Å². The Morgan fingerprint density at radius 3 is 2.70 bits per heavy atom. The van der Waals surface area contributed by atoms with Gasteiger partial charge in [0.05, 0.1) is 23.1 Å². The zero-order chi connectivity index (χ0) is 13.5. The number of aromatic amines is 1. The molecule has 0 unspecified atom stereocenters. The minimum absolute atomic E-state index is 0.989. The summed E-state index contributed by atoms with van der Waals surface area (Å²) in [6.07, 6.45) is 3.66. The maximum absolute atomic E-state index is 4.58. The topological polar surface area (TPSA) is 41.6 Å². The van der Waals surface area contributed by atoms with Gasteiger partial charge in [0.25, 0.3) is 0 Å². The molecule has 0 radical (unpaired) electrons. The molecule has 2 aromatic heterocycles. The zero-order valence-corrected chi connectivity index (χ0v) is 11.1. The molecule has 20 heavy (non-hydrogen) atoms. The maximum Gasteiger partial charge on any atom is 0.0931 e. The summed E-state index contributed by atoms with van der Waals surface area (Å²) >= 11 is 0. The third-order valence-electron chi connectivity index (χ3n) is 3.64. The van der Waals surface area contributed by atoms with Crippen molar-refractivity contribution in [3.63, 3.8) is 0 Å². The standard InChI is InChI=1S/C17H13N3/c1-11-6-14(8-16-17(11)20-10-19-16)15-7-12-4-2-3-5-13(12)9-18-15/h2-10H,1H3,(H,19,20). The third kappa shape index (κ3) is 1.67. The van der Waals surface area contributed by atoms with Crippen LogP contribution in [0.4, 0.5) is 0 Å². The van der Waals surface area contributed by atoms with E-state index in [2.05, 4.69) is 58.3 Å². The Kier molecular flexibility index (Phi) is 2.33. The minimum Gasteiger partial charge on any atom is -0.345 e. The van der Waals surface area contributed by atoms with Gasteiger partial charge in [-0.3, -0.25) is 4.98 Å². The highest BCUT2D eigenvalue weighted by Crippen LogP contribution is 2.26. The summed E-state index contributed by atoms with van der Waals surface area (Å²) in [4.78, 5) is 12.1. The second-order valence-electron chi connectivity index (χ2n) is 5.01. The Balaban J connectivity index is 1.95. The van der Waals surface area contributed by atoms with Crippen LogP contribution >= 0.6 is 0 Å². The van der Waals surface area contributed by atoms with E-state index in [0.717, 1.165) is 33.2 Å². The number of nitrogens with zero attached hydrogens (tertiary/aromatic N) is 2. The monoisotopic (exact) mass is 259 g/mol. The lowest BCUT2D eigenvalue weighted by Crippen LogP contribution is -1.86. The van der Waals surface area contributed by atoms with E-state index < -0.39 is 0 Å². The van der Waals surface area contributed by atoms with Crippen LogP contribution in [-0.4, -0.2) is 15.0 Å². The molecule has 2 heterocycles. The molecule has 2 aromatic carbocycles. The first kappa shape index (κ1) is 11.2. The number of benzene rings is 2. The molecule has 0 saturated heterocycles. The lowest BCUT2D eigenvalue weighted by Gasteiger charge is -2.05. The van der Waals surface area contributed by atoms with Crippen molar-refractivity contribution in [3.05, 3.63) is 60.6 Å². The van der Waals surface area contributed by atoms with Crippen molar-refractivity contribution in [2.45, 2.75) is 6.92 Å². The van der Waals surface area contributed by atoms with Crippen molar-refractivity contribution in [1.29, 1.82) is 0 Å². The van der Waals surface area contributed by atoms with Gasteiger partial charge in [-0.2, -0.15) is 0 Å². The van der Waals surface area contributed by atoms with Gasteiger partial charge in [-0.15, -0.1) is 0 Å². The molecule has 96 valence electrons. The third-order valence-corrected chi connectivity index (χ3v) is 3.64. The van der Waals surface area contributed by atoms with Gasteiger partial charge in [-0.05, 0) is 36.1 Å². The van der Waals surface area contributed by atoms with Crippen LogP contribution in [0.3, 0.4) is 0 Å². The average molecular weight is 259 g/mol. The second kappa shape index (κ2) is 4.17. The minimum atomic E-state index is 0.989. The lowest BCUT2D eigenvalue weighted by molar-refractivity contribution is 1.34. The number of rotatable bonds is 1. The first-order valence-corrected chi connectivity index (χ1v) is 6.60. The number of nitrogens with one attached hydrogen (secondary N) is 1. The molecule has 0 atom stereocenters. The largest absolute Gasteiger partial charge is 0.345 e. The van der Waals surface area contributed by atoms with E-state index in [4.69, 9.17) is 0 Å². The van der Waals surface area contributed by atoms with E-state index in [-0.39, 0.29) is 0 Å². The van der Waals surface area contributed by atoms with Gasteiger partial charge in [-0.1, -0.05) is 24.3 Å². The maximum atomic E-state index is 4.58. The summed E-state index contributed by atoms with van der Waals surface area (Å²) in [5, 5.41) is 2.37. The molecule has 0 aliphatic heterocycles. The van der Waals surface area contributed by atoms with Gasteiger partial charge in [0.15, 0.2) is 0 Å². The molecule has 1 N–H and O–H groups in total. The van der Waals surface area contributed by atoms with Crippen LogP contribution in [0.25, 0.3) is 33.1 Å². The summed E-state index contributed by atoms with van der Waals surface area (Å²) in [6, 6.07) is 14.6. The predicted octanol–water partition coefficient (Wildman–Crippen LogP) is 4.09. The number of fused-ring (bicyclic) bond motifs is 2. The normalized spacial score (nSPS) is 11.2. The van der Waals surface area contributed by atoms with Crippen molar-refractivity contribution in [2.24, 2.45) is 0 Å². The van der Waals surface area contributed by atoms with Crippen molar-refractivity contribution in [1.82, 2.24) is 15.0 Å². The fraction of sp³-hybridized carbons (Fsp3) is 0.0588. The average Bonchev–Trinajstić information content (AvgIpc) is 2.96. The van der Waals surface area contributed by atoms with Crippen LogP contribution in [0.15, 0.2) is 55.0 Å². The van der Waals surface area contributed by atoms with Crippen molar-refractivity contribution in [2.75, 3.05) is 0 Å². The van der Waals surface area contributed by atoms with Gasteiger partial charge in [-0.25, -0.2) is 4.98 Å². The van der Waals surface area contributed by atoms with E-state index in [0.29, 0.717) is 0 Å². The van der Waals surface area contributed by atoms with Gasteiger partial charge >= 0.3 is 0 Å². The highest BCUT2D eigenvalue weighted by Gasteiger charge is 2.06. The molecule has 0 bridgehead atoms. The van der Waals surface area contributed by atoms with Gasteiger partial charge in [0, 0.05) is 17.1 Å². The van der Waals surface area contributed by atoms with Crippen LogP contribution in [-0.2, 0) is 0 Å². The number of hydrogen-bond acceptors (Lipinski definition) is 2. The summed E-state index contributed by atoms with van der Waals surface area (Å²) in [7, 11) is 0. The molecular weight excluding hydrogens is 246 g/mol. The molecule has 4 aromatic rings. The number of imidazole rings is 1. The Hall–Kier alpha value is -2.68. The molecule has 0 aliphatic rings. The summed E-state index contributed by atoms with van der Waals surface area (Å²) in [5.41, 5.74) is 5.34. The fourth-order valence-electron chi connectivity index (χ4n) is 2.62. The van der Waals surface area contributed by atoms with Gasteiger partial charge in [0.2, 0.25) is 0 Å². The van der Waals surface area contributed by atoms with E-state index in [1.807, 2.05) is 12.3 Å². The molecule has 0 amide bonds. The smallest absolute Gasteiger partial charge is 0.0931 e. The van der Waals surface area contributed by atoms with E-state index in [1.165, 1.54) is 5.39 Å². The van der Waals surface area contributed by atoms with Crippen LogP contribution in [0.1, 0.15) is 5.56 Å². The molecule has 0 aliphatic carbocycles. The molecule has 3 heteroatoms. The summed E-state index contributed by atoms with van der Waals surface area (Å²) < 4.78 is 0. The number of pyridine rings is 1. The Morgan fingerprint density at radius 2 is 1.80 bits per heavy atom. The van der Waals surface area contributed by atoms with Crippen LogP contribution in [0.5, 0.6) is 0 Å². The van der Waals surface area contributed by atoms with Crippen LogP contribution in [0, 0.1) is 6.92 Å². The molecule has 0 fully saturated rings. The SMILES string of the molecule is Cc1cc(-c2cc3ccccc3cn2)cc2[nH]cnc12. The van der Waals surface area contributed by atoms with Gasteiger partial charge < -0.3 is 4.98 Å². The fourth-order valence-corrected chi connectivity index (χ4v) is 2.62. The van der Waals surface area contributed by atoms with Crippen LogP contribution < -0.4 is 0 Å². The van der Waals surface area contributed by atoms with E-state index in [9.17, 15) is 0 Å². The Labute approximate surface area is 116 Å². The molecular formula is C17H13N3. The van der Waals surface area contributed by atoms with Crippen molar-refractivity contribution < 1.29 is 0 Å². The highest BCUT2D eigenvalue weighted by atomic mass is 14.9. The van der Waals surface area contributed by atoms with E-state index in [1.54, 1.807) is 6.33 Å². The molecule has 3 nitrogen and oxygen atoms in total. The molecule has 0 saturated carbocycles. The Bertz CT molecular complexity index is 922. The lowest BCUT2D eigenvalue weighted by atomic mass is 10.0.